The lowest BCUT2D eigenvalue weighted by Crippen LogP contribution is -2.35. The second kappa shape index (κ2) is 6.75. The van der Waals surface area contributed by atoms with Gasteiger partial charge < -0.3 is 10.2 Å². The minimum atomic E-state index is -0.909. The maximum atomic E-state index is 13.8. The lowest BCUT2D eigenvalue weighted by molar-refractivity contribution is 0.357. The second-order valence-corrected chi connectivity index (χ2v) is 5.68. The molecule has 0 aromatic carbocycles. The van der Waals surface area contributed by atoms with Crippen molar-refractivity contribution in [3.05, 3.63) is 41.2 Å². The van der Waals surface area contributed by atoms with Crippen LogP contribution in [0.2, 0.25) is 5.02 Å². The highest BCUT2D eigenvalue weighted by molar-refractivity contribution is 6.33. The third-order valence-corrected chi connectivity index (χ3v) is 3.98. The molecule has 0 unspecified atom stereocenters. The summed E-state index contributed by atoms with van der Waals surface area (Å²) in [5.41, 5.74) is 0.395. The van der Waals surface area contributed by atoms with E-state index in [1.807, 2.05) is 17.0 Å². The smallest absolute Gasteiger partial charge is 0.151 e. The van der Waals surface area contributed by atoms with Gasteiger partial charge in [-0.05, 0) is 18.2 Å². The van der Waals surface area contributed by atoms with Crippen molar-refractivity contribution in [3.63, 3.8) is 0 Å². The molecule has 1 N–H and O–H groups in total. The summed E-state index contributed by atoms with van der Waals surface area (Å²) >= 11 is 6.09. The van der Waals surface area contributed by atoms with Crippen LogP contribution in [0.25, 0.3) is 0 Å². The number of hydrogen-bond donors (Lipinski definition) is 1. The van der Waals surface area contributed by atoms with Gasteiger partial charge in [0.2, 0.25) is 0 Å². The molecule has 1 aliphatic rings. The molecule has 3 heterocycles. The number of aromatic nitrogens is 3. The first-order valence-corrected chi connectivity index (χ1v) is 7.53. The molecule has 0 amide bonds. The van der Waals surface area contributed by atoms with Gasteiger partial charge in [-0.1, -0.05) is 11.6 Å². The summed E-state index contributed by atoms with van der Waals surface area (Å²) in [4.78, 5) is 6.01. The summed E-state index contributed by atoms with van der Waals surface area (Å²) in [5, 5.41) is 20.2. The van der Waals surface area contributed by atoms with E-state index in [0.29, 0.717) is 41.7 Å². The molecule has 1 fully saturated rings. The monoisotopic (exact) mass is 332 g/mol. The average Bonchev–Trinajstić information content (AvgIpc) is 2.95. The fourth-order valence-electron chi connectivity index (χ4n) is 2.62. The highest BCUT2D eigenvalue weighted by atomic mass is 35.5. The fraction of sp³-hybridized carbons (Fsp3) is 0.333. The molecule has 0 radical (unpaired) electrons. The van der Waals surface area contributed by atoms with Crippen molar-refractivity contribution < 1.29 is 4.39 Å². The Morgan fingerprint density at radius 1 is 1.52 bits per heavy atom. The quantitative estimate of drug-likeness (QED) is 0.926. The van der Waals surface area contributed by atoms with Crippen molar-refractivity contribution in [2.75, 3.05) is 23.3 Å². The van der Waals surface area contributed by atoms with E-state index in [9.17, 15) is 4.39 Å². The van der Waals surface area contributed by atoms with Crippen LogP contribution in [-0.2, 0) is 0 Å². The normalized spacial score (nSPS) is 20.3. The molecule has 23 heavy (non-hydrogen) atoms. The Balaban J connectivity index is 1.70. The van der Waals surface area contributed by atoms with Gasteiger partial charge in [-0.2, -0.15) is 10.4 Å². The zero-order chi connectivity index (χ0) is 16.2. The van der Waals surface area contributed by atoms with Gasteiger partial charge in [-0.25, -0.2) is 9.37 Å². The summed E-state index contributed by atoms with van der Waals surface area (Å²) in [5.74, 6) is 1.13. The third kappa shape index (κ3) is 3.48. The van der Waals surface area contributed by atoms with Crippen molar-refractivity contribution in [1.82, 2.24) is 15.2 Å². The largest absolute Gasteiger partial charge is 0.367 e. The van der Waals surface area contributed by atoms with Crippen molar-refractivity contribution >= 4 is 23.2 Å². The summed E-state index contributed by atoms with van der Waals surface area (Å²) in [6.45, 7) is 0.759. The predicted molar refractivity (Wildman–Crippen MR) is 85.1 cm³/mol. The van der Waals surface area contributed by atoms with Gasteiger partial charge in [-0.3, -0.25) is 0 Å². The minimum Gasteiger partial charge on any atom is -0.367 e. The third-order valence-electron chi connectivity index (χ3n) is 3.69. The minimum absolute atomic E-state index is 0.0739. The van der Waals surface area contributed by atoms with Gasteiger partial charge in [0.15, 0.2) is 5.82 Å². The van der Waals surface area contributed by atoms with Crippen LogP contribution < -0.4 is 10.2 Å². The van der Waals surface area contributed by atoms with E-state index >= 15 is 0 Å². The fourth-order valence-corrected chi connectivity index (χ4v) is 2.86. The summed E-state index contributed by atoms with van der Waals surface area (Å²) in [6, 6.07) is 7.04. The lowest BCUT2D eigenvalue weighted by atomic mass is 10.2. The van der Waals surface area contributed by atoms with Crippen LogP contribution in [0.3, 0.4) is 0 Å². The highest BCUT2D eigenvalue weighted by Crippen LogP contribution is 2.26. The molecule has 6 nitrogen and oxygen atoms in total. The Morgan fingerprint density at radius 3 is 3.09 bits per heavy atom. The number of nitriles is 1. The first kappa shape index (κ1) is 15.4. The molecule has 8 heteroatoms. The molecule has 2 atom stereocenters. The van der Waals surface area contributed by atoms with E-state index in [1.165, 1.54) is 6.20 Å². The molecule has 0 aliphatic carbocycles. The van der Waals surface area contributed by atoms with Crippen molar-refractivity contribution in [3.8, 4) is 6.07 Å². The molecule has 2 aromatic rings. The second-order valence-electron chi connectivity index (χ2n) is 5.27. The van der Waals surface area contributed by atoms with Crippen molar-refractivity contribution in [2.45, 2.75) is 18.6 Å². The van der Waals surface area contributed by atoms with Crippen LogP contribution in [0.15, 0.2) is 30.6 Å². The van der Waals surface area contributed by atoms with Crippen molar-refractivity contribution in [1.29, 1.82) is 5.26 Å². The maximum Gasteiger partial charge on any atom is 0.151 e. The van der Waals surface area contributed by atoms with E-state index < -0.39 is 6.17 Å². The Bertz CT molecular complexity index is 720. The van der Waals surface area contributed by atoms with Crippen LogP contribution in [0.4, 0.5) is 16.0 Å². The number of alkyl halides is 1. The van der Waals surface area contributed by atoms with E-state index in [2.05, 4.69) is 20.5 Å². The first-order chi connectivity index (χ1) is 11.2. The maximum absolute atomic E-state index is 13.8. The van der Waals surface area contributed by atoms with Gasteiger partial charge in [-0.15, -0.1) is 5.10 Å². The molecular weight excluding hydrogens is 319 g/mol. The van der Waals surface area contributed by atoms with Crippen LogP contribution >= 0.6 is 11.6 Å². The SMILES string of the molecule is N#Cc1cnc(NC[C@@H]2C[C@H](F)CN2c2cccnn2)c(Cl)c1. The van der Waals surface area contributed by atoms with E-state index in [-0.39, 0.29) is 6.04 Å². The van der Waals surface area contributed by atoms with Crippen LogP contribution in [0.5, 0.6) is 0 Å². The predicted octanol–water partition coefficient (Wildman–Crippen LogP) is 2.43. The standard InChI is InChI=1S/C15H14ClFN6/c16-13-4-10(6-18)7-19-15(13)20-8-12-5-11(17)9-23(12)14-2-1-3-21-22-14/h1-4,7,11-12H,5,8-9H2,(H,19,20)/t11-,12-/m0/s1. The molecule has 0 spiro atoms. The van der Waals surface area contributed by atoms with Crippen LogP contribution in [-0.4, -0.2) is 40.5 Å². The molecule has 0 bridgehead atoms. The summed E-state index contributed by atoms with van der Waals surface area (Å²) in [7, 11) is 0. The number of halogens is 2. The molecule has 3 rings (SSSR count). The summed E-state index contributed by atoms with van der Waals surface area (Å²) < 4.78 is 13.8. The molecule has 0 saturated carbocycles. The van der Waals surface area contributed by atoms with Gasteiger partial charge >= 0.3 is 0 Å². The molecule has 2 aromatic heterocycles. The first-order valence-electron chi connectivity index (χ1n) is 7.15. The topological polar surface area (TPSA) is 77.7 Å². The average molecular weight is 333 g/mol. The van der Waals surface area contributed by atoms with Crippen molar-refractivity contribution in [2.24, 2.45) is 0 Å². The zero-order valence-electron chi connectivity index (χ0n) is 12.2. The van der Waals surface area contributed by atoms with E-state index in [0.717, 1.165) is 0 Å². The van der Waals surface area contributed by atoms with E-state index in [4.69, 9.17) is 16.9 Å². The number of nitrogens with one attached hydrogen (secondary N) is 1. The molecule has 1 saturated heterocycles. The van der Waals surface area contributed by atoms with Crippen LogP contribution in [0, 0.1) is 11.3 Å². The molecule has 1 aliphatic heterocycles. The van der Waals surface area contributed by atoms with Gasteiger partial charge in [0.05, 0.1) is 23.2 Å². The number of pyridine rings is 1. The molecular formula is C15H14ClFN6. The highest BCUT2D eigenvalue weighted by Gasteiger charge is 2.33. The van der Waals surface area contributed by atoms with Gasteiger partial charge in [0.25, 0.3) is 0 Å². The zero-order valence-corrected chi connectivity index (χ0v) is 12.9. The Hall–Kier alpha value is -2.46. The number of anilines is 2. The number of hydrogen-bond acceptors (Lipinski definition) is 6. The number of rotatable bonds is 4. The number of nitrogens with zero attached hydrogens (tertiary/aromatic N) is 5. The Kier molecular flexibility index (Phi) is 4.53. The Morgan fingerprint density at radius 2 is 2.39 bits per heavy atom. The van der Waals surface area contributed by atoms with Crippen LogP contribution in [0.1, 0.15) is 12.0 Å². The lowest BCUT2D eigenvalue weighted by Gasteiger charge is -2.25. The summed E-state index contributed by atoms with van der Waals surface area (Å²) in [6.07, 6.45) is 2.52. The molecule has 118 valence electrons. The van der Waals surface area contributed by atoms with E-state index in [1.54, 1.807) is 18.3 Å². The van der Waals surface area contributed by atoms with Gasteiger partial charge in [0.1, 0.15) is 18.1 Å². The Labute approximate surface area is 137 Å². The van der Waals surface area contributed by atoms with Gasteiger partial charge in [0, 0.05) is 25.4 Å².